The molecule has 0 unspecified atom stereocenters. The Morgan fingerprint density at radius 1 is 0.571 bits per heavy atom. The van der Waals surface area contributed by atoms with Crippen LogP contribution in [0.3, 0.4) is 0 Å². The highest BCUT2D eigenvalue weighted by Gasteiger charge is 2.34. The fourth-order valence-electron chi connectivity index (χ4n) is 9.87. The Labute approximate surface area is 324 Å². The van der Waals surface area contributed by atoms with E-state index in [9.17, 15) is 0 Å². The molecule has 0 atom stereocenters. The van der Waals surface area contributed by atoms with Gasteiger partial charge >= 0.3 is 0 Å². The van der Waals surface area contributed by atoms with E-state index >= 15 is 0 Å². The third-order valence-corrected chi connectivity index (χ3v) is 13.6. The molecule has 0 saturated carbocycles. The first-order valence-electron chi connectivity index (χ1n) is 19.2. The average Bonchev–Trinajstić information content (AvgIpc) is 3.93. The van der Waals surface area contributed by atoms with Gasteiger partial charge in [0.05, 0.1) is 15.7 Å². The minimum Gasteiger partial charge on any atom is -0.450 e. The predicted molar refractivity (Wildman–Crippen MR) is 235 cm³/mol. The van der Waals surface area contributed by atoms with Gasteiger partial charge in [0, 0.05) is 42.6 Å². The molecule has 13 rings (SSSR count). The first kappa shape index (κ1) is 30.5. The van der Waals surface area contributed by atoms with Crippen LogP contribution in [0.5, 0.6) is 0 Å². The van der Waals surface area contributed by atoms with Crippen molar-refractivity contribution in [3.63, 3.8) is 0 Å². The summed E-state index contributed by atoms with van der Waals surface area (Å²) in [5.74, 6) is 1.42. The van der Waals surface area contributed by atoms with E-state index in [0.717, 1.165) is 38.9 Å². The Morgan fingerprint density at radius 2 is 1.29 bits per heavy atom. The summed E-state index contributed by atoms with van der Waals surface area (Å²) in [6.45, 7) is 4.69. The van der Waals surface area contributed by atoms with Crippen molar-refractivity contribution < 1.29 is 4.42 Å². The maximum atomic E-state index is 6.81. The van der Waals surface area contributed by atoms with Gasteiger partial charge in [-0.15, -0.1) is 11.3 Å². The van der Waals surface area contributed by atoms with Crippen LogP contribution in [0.1, 0.15) is 25.0 Å². The van der Waals surface area contributed by atoms with Gasteiger partial charge in [-0.3, -0.25) is 4.57 Å². The first-order valence-corrected chi connectivity index (χ1v) is 20.0. The lowest BCUT2D eigenvalue weighted by molar-refractivity contribution is 0.645. The zero-order valence-electron chi connectivity index (χ0n) is 30.6. The van der Waals surface area contributed by atoms with E-state index in [4.69, 9.17) is 14.4 Å². The SMILES string of the molecule is CC1(C)c2cc(-c3nc(-n4c5ccccc5c5c6ccccc6c6c7ccccc7sc6c54)c4oc5ccccc5c4n3)ccc2-c2cccc3cccc1c23. The number of hydrogen-bond acceptors (Lipinski definition) is 4. The Hall–Kier alpha value is -6.82. The van der Waals surface area contributed by atoms with Crippen LogP contribution in [-0.4, -0.2) is 14.5 Å². The third-order valence-electron chi connectivity index (χ3n) is 12.4. The van der Waals surface area contributed by atoms with Gasteiger partial charge in [-0.05, 0) is 74.1 Å². The van der Waals surface area contributed by atoms with Gasteiger partial charge in [0.1, 0.15) is 11.1 Å². The van der Waals surface area contributed by atoms with Gasteiger partial charge in [-0.1, -0.05) is 135 Å². The topological polar surface area (TPSA) is 43.9 Å². The maximum Gasteiger partial charge on any atom is 0.197 e. The lowest BCUT2D eigenvalue weighted by Crippen LogP contribution is -2.23. The fourth-order valence-corrected chi connectivity index (χ4v) is 11.1. The quantitative estimate of drug-likeness (QED) is 0.178. The van der Waals surface area contributed by atoms with E-state index in [1.165, 1.54) is 74.7 Å². The molecule has 4 nitrogen and oxygen atoms in total. The number of benzene rings is 8. The van der Waals surface area contributed by atoms with E-state index in [1.807, 2.05) is 23.5 Å². The van der Waals surface area contributed by atoms with Crippen molar-refractivity contribution in [1.82, 2.24) is 14.5 Å². The Balaban J connectivity index is 1.17. The molecule has 0 amide bonds. The second-order valence-corrected chi connectivity index (χ2v) is 16.7. The van der Waals surface area contributed by atoms with Crippen molar-refractivity contribution in [2.75, 3.05) is 0 Å². The molecule has 0 spiro atoms. The summed E-state index contributed by atoms with van der Waals surface area (Å²) in [5, 5.41) is 11.1. The molecule has 0 bridgehead atoms. The molecule has 4 heterocycles. The summed E-state index contributed by atoms with van der Waals surface area (Å²) in [7, 11) is 0. The van der Waals surface area contributed by atoms with Gasteiger partial charge in [-0.2, -0.15) is 0 Å². The first-order chi connectivity index (χ1) is 27.5. The molecule has 0 N–H and O–H groups in total. The number of aromatic nitrogens is 3. The summed E-state index contributed by atoms with van der Waals surface area (Å²) < 4.78 is 11.7. The second kappa shape index (κ2) is 10.7. The minimum absolute atomic E-state index is 0.227. The number of thiophene rings is 1. The number of furan rings is 1. The van der Waals surface area contributed by atoms with E-state index < -0.39 is 0 Å². The zero-order valence-corrected chi connectivity index (χ0v) is 31.4. The molecule has 0 radical (unpaired) electrons. The molecule has 8 aromatic carbocycles. The number of hydrogen-bond donors (Lipinski definition) is 0. The zero-order chi connectivity index (χ0) is 36.9. The second-order valence-electron chi connectivity index (χ2n) is 15.7. The standard InChI is InChI=1S/C51H31N3OS/c1-51(2)37-21-12-14-28-13-11-20-31(42(28)37)30-26-25-29(27-38(30)51)49-52-45-35-18-6-9-23-40(35)55-47(45)50(53-49)54-39-22-8-5-17-34(39)43-32-15-3-4-16-33(32)44-36-19-7-10-24-41(36)56-48(44)46(43)54/h3-27H,1-2H3. The minimum atomic E-state index is -0.227. The van der Waals surface area contributed by atoms with Crippen LogP contribution < -0.4 is 0 Å². The van der Waals surface area contributed by atoms with Crippen LogP contribution in [0.2, 0.25) is 0 Å². The largest absolute Gasteiger partial charge is 0.450 e. The number of fused-ring (bicyclic) bond motifs is 15. The highest BCUT2D eigenvalue weighted by molar-refractivity contribution is 7.27. The third kappa shape index (κ3) is 3.83. The van der Waals surface area contributed by atoms with Gasteiger partial charge in [-0.25, -0.2) is 9.97 Å². The van der Waals surface area contributed by atoms with Crippen molar-refractivity contribution in [1.29, 1.82) is 0 Å². The Kier molecular flexibility index (Phi) is 5.82. The van der Waals surface area contributed by atoms with Crippen LogP contribution in [0.25, 0.3) is 114 Å². The summed E-state index contributed by atoms with van der Waals surface area (Å²) in [6.07, 6.45) is 0. The number of para-hydroxylation sites is 2. The Bertz CT molecular complexity index is 3690. The average molecular weight is 734 g/mol. The van der Waals surface area contributed by atoms with Crippen molar-refractivity contribution in [3.05, 3.63) is 163 Å². The molecule has 5 heteroatoms. The molecule has 12 aromatic rings. The molecule has 56 heavy (non-hydrogen) atoms. The smallest absolute Gasteiger partial charge is 0.197 e. The van der Waals surface area contributed by atoms with Crippen LogP contribution in [0.15, 0.2) is 156 Å². The van der Waals surface area contributed by atoms with Crippen LogP contribution in [0.4, 0.5) is 0 Å². The van der Waals surface area contributed by atoms with Gasteiger partial charge in [0.15, 0.2) is 17.2 Å². The highest BCUT2D eigenvalue weighted by Crippen LogP contribution is 2.51. The summed E-state index contributed by atoms with van der Waals surface area (Å²) >= 11 is 1.85. The van der Waals surface area contributed by atoms with E-state index in [0.29, 0.717) is 11.4 Å². The summed E-state index contributed by atoms with van der Waals surface area (Å²) in [4.78, 5) is 11.0. The molecule has 4 aromatic heterocycles. The van der Waals surface area contributed by atoms with Gasteiger partial charge < -0.3 is 4.42 Å². The Morgan fingerprint density at radius 3 is 2.14 bits per heavy atom. The number of rotatable bonds is 2. The summed E-state index contributed by atoms with van der Waals surface area (Å²) in [5.41, 5.74) is 10.4. The molecular formula is C51H31N3OS. The van der Waals surface area contributed by atoms with Crippen LogP contribution in [-0.2, 0) is 5.41 Å². The highest BCUT2D eigenvalue weighted by atomic mass is 32.1. The van der Waals surface area contributed by atoms with Crippen LogP contribution >= 0.6 is 11.3 Å². The van der Waals surface area contributed by atoms with E-state index in [1.54, 1.807) is 0 Å². The lowest BCUT2D eigenvalue weighted by Gasteiger charge is -2.35. The fraction of sp³-hybridized carbons (Fsp3) is 0.0588. The van der Waals surface area contributed by atoms with Crippen molar-refractivity contribution in [2.24, 2.45) is 0 Å². The van der Waals surface area contributed by atoms with Gasteiger partial charge in [0.2, 0.25) is 0 Å². The van der Waals surface area contributed by atoms with Crippen LogP contribution in [0, 0.1) is 0 Å². The lowest BCUT2D eigenvalue weighted by atomic mass is 9.68. The summed E-state index contributed by atoms with van der Waals surface area (Å²) in [6, 6.07) is 54.8. The molecule has 262 valence electrons. The van der Waals surface area contributed by atoms with Crippen molar-refractivity contribution in [2.45, 2.75) is 19.3 Å². The molecular weight excluding hydrogens is 703 g/mol. The number of nitrogens with zero attached hydrogens (tertiary/aromatic N) is 3. The van der Waals surface area contributed by atoms with E-state index in [-0.39, 0.29) is 5.41 Å². The van der Waals surface area contributed by atoms with E-state index in [2.05, 4.69) is 158 Å². The van der Waals surface area contributed by atoms with Gasteiger partial charge in [0.25, 0.3) is 0 Å². The molecule has 1 aliphatic carbocycles. The molecule has 0 fully saturated rings. The predicted octanol–water partition coefficient (Wildman–Crippen LogP) is 14.1. The van der Waals surface area contributed by atoms with Crippen molar-refractivity contribution >= 4 is 96.9 Å². The monoisotopic (exact) mass is 733 g/mol. The molecule has 0 aliphatic heterocycles. The molecule has 1 aliphatic rings. The van der Waals surface area contributed by atoms with Crippen molar-refractivity contribution in [3.8, 4) is 28.3 Å². The maximum absolute atomic E-state index is 6.81. The normalized spacial score (nSPS) is 13.7. The molecule has 0 saturated heterocycles.